The molecule has 0 bridgehead atoms. The Labute approximate surface area is 98.1 Å². The number of rotatable bonds is 6. The molecular weight excluding hydrogens is 204 g/mol. The minimum Gasteiger partial charge on any atom is -0.367 e. The summed E-state index contributed by atoms with van der Waals surface area (Å²) in [6, 6.07) is 0.426. The lowest BCUT2D eigenvalue weighted by molar-refractivity contribution is -0.132. The fourth-order valence-electron chi connectivity index (χ4n) is 1.79. The topological polar surface area (TPSA) is 50.4 Å². The van der Waals surface area contributed by atoms with Gasteiger partial charge in [-0.15, -0.1) is 0 Å². The third-order valence-electron chi connectivity index (χ3n) is 2.88. The fraction of sp³-hybridized carbons (Fsp3) is 0.917. The molecule has 4 nitrogen and oxygen atoms in total. The summed E-state index contributed by atoms with van der Waals surface area (Å²) < 4.78 is 5.57. The molecule has 0 spiro atoms. The Balaban J connectivity index is 2.12. The number of carbonyl (C=O) groups excluding carboxylic acids is 1. The maximum atomic E-state index is 11.5. The summed E-state index contributed by atoms with van der Waals surface area (Å²) in [6.07, 6.45) is 4.29. The summed E-state index contributed by atoms with van der Waals surface area (Å²) in [4.78, 5) is 11.5. The Morgan fingerprint density at radius 1 is 1.56 bits per heavy atom. The van der Waals surface area contributed by atoms with Gasteiger partial charge in [0.2, 0.25) is 5.91 Å². The van der Waals surface area contributed by atoms with Crippen LogP contribution in [0.15, 0.2) is 0 Å². The minimum atomic E-state index is -0.338. The first-order chi connectivity index (χ1) is 7.74. The van der Waals surface area contributed by atoms with Gasteiger partial charge in [-0.3, -0.25) is 4.79 Å². The smallest absolute Gasteiger partial charge is 0.248 e. The molecule has 1 amide bonds. The fourth-order valence-corrected chi connectivity index (χ4v) is 1.79. The van der Waals surface area contributed by atoms with Gasteiger partial charge in [0.25, 0.3) is 0 Å². The molecule has 2 unspecified atom stereocenters. The largest absolute Gasteiger partial charge is 0.367 e. The van der Waals surface area contributed by atoms with E-state index in [0.717, 1.165) is 25.9 Å². The standard InChI is InChI=1S/C12H24N2O2/c1-3-7-14-12(15)10(2)16-9-11-6-4-5-8-13-11/h10-11,13H,3-9H2,1-2H3,(H,14,15). The maximum absolute atomic E-state index is 11.5. The summed E-state index contributed by atoms with van der Waals surface area (Å²) >= 11 is 0. The van der Waals surface area contributed by atoms with Crippen LogP contribution in [-0.2, 0) is 9.53 Å². The maximum Gasteiger partial charge on any atom is 0.248 e. The molecule has 1 heterocycles. The molecular formula is C12H24N2O2. The Morgan fingerprint density at radius 2 is 2.38 bits per heavy atom. The van der Waals surface area contributed by atoms with Gasteiger partial charge in [0.1, 0.15) is 6.10 Å². The van der Waals surface area contributed by atoms with Crippen LogP contribution in [0.5, 0.6) is 0 Å². The molecule has 0 aromatic heterocycles. The lowest BCUT2D eigenvalue weighted by Crippen LogP contribution is -2.41. The molecule has 1 aliphatic heterocycles. The number of piperidine rings is 1. The van der Waals surface area contributed by atoms with Gasteiger partial charge in [0.05, 0.1) is 6.61 Å². The van der Waals surface area contributed by atoms with E-state index in [0.29, 0.717) is 12.6 Å². The van der Waals surface area contributed by atoms with Crippen LogP contribution in [-0.4, -0.2) is 37.7 Å². The molecule has 1 aliphatic rings. The first-order valence-electron chi connectivity index (χ1n) is 6.36. The van der Waals surface area contributed by atoms with Gasteiger partial charge in [-0.05, 0) is 32.7 Å². The molecule has 0 aliphatic carbocycles. The summed E-state index contributed by atoms with van der Waals surface area (Å²) in [5.41, 5.74) is 0. The number of hydrogen-bond acceptors (Lipinski definition) is 3. The summed E-state index contributed by atoms with van der Waals surface area (Å²) in [7, 11) is 0. The molecule has 94 valence electrons. The zero-order valence-corrected chi connectivity index (χ0v) is 10.4. The third-order valence-corrected chi connectivity index (χ3v) is 2.88. The van der Waals surface area contributed by atoms with Crippen molar-refractivity contribution in [2.45, 2.75) is 51.7 Å². The van der Waals surface area contributed by atoms with E-state index in [-0.39, 0.29) is 12.0 Å². The van der Waals surface area contributed by atoms with Crippen LogP contribution in [0.3, 0.4) is 0 Å². The van der Waals surface area contributed by atoms with Crippen LogP contribution in [0.4, 0.5) is 0 Å². The molecule has 0 aromatic carbocycles. The first kappa shape index (κ1) is 13.5. The monoisotopic (exact) mass is 228 g/mol. The van der Waals surface area contributed by atoms with Crippen molar-refractivity contribution >= 4 is 5.91 Å². The van der Waals surface area contributed by atoms with E-state index >= 15 is 0 Å². The Morgan fingerprint density at radius 3 is 3.00 bits per heavy atom. The number of amides is 1. The molecule has 16 heavy (non-hydrogen) atoms. The van der Waals surface area contributed by atoms with Crippen LogP contribution in [0.25, 0.3) is 0 Å². The molecule has 1 saturated heterocycles. The molecule has 4 heteroatoms. The van der Waals surface area contributed by atoms with Crippen molar-refractivity contribution in [2.75, 3.05) is 19.7 Å². The van der Waals surface area contributed by atoms with E-state index in [4.69, 9.17) is 4.74 Å². The lowest BCUT2D eigenvalue weighted by atomic mass is 10.1. The Kier molecular flexibility index (Phi) is 6.42. The van der Waals surface area contributed by atoms with E-state index in [2.05, 4.69) is 10.6 Å². The zero-order chi connectivity index (χ0) is 11.8. The number of ether oxygens (including phenoxy) is 1. The average molecular weight is 228 g/mol. The van der Waals surface area contributed by atoms with Crippen molar-refractivity contribution in [3.63, 3.8) is 0 Å². The molecule has 1 fully saturated rings. The Hall–Kier alpha value is -0.610. The second kappa shape index (κ2) is 7.63. The van der Waals surface area contributed by atoms with Crippen LogP contribution >= 0.6 is 0 Å². The molecule has 0 aromatic rings. The van der Waals surface area contributed by atoms with Gasteiger partial charge < -0.3 is 15.4 Å². The highest BCUT2D eigenvalue weighted by atomic mass is 16.5. The molecule has 1 rings (SSSR count). The van der Waals surface area contributed by atoms with Crippen molar-refractivity contribution < 1.29 is 9.53 Å². The predicted molar refractivity (Wildman–Crippen MR) is 64.4 cm³/mol. The Bertz CT molecular complexity index is 203. The van der Waals surface area contributed by atoms with Gasteiger partial charge in [0, 0.05) is 12.6 Å². The molecule has 0 radical (unpaired) electrons. The lowest BCUT2D eigenvalue weighted by Gasteiger charge is -2.24. The van der Waals surface area contributed by atoms with Crippen molar-refractivity contribution in [2.24, 2.45) is 0 Å². The third kappa shape index (κ3) is 4.94. The zero-order valence-electron chi connectivity index (χ0n) is 10.4. The summed E-state index contributed by atoms with van der Waals surface area (Å²) in [6.45, 7) is 6.30. The highest BCUT2D eigenvalue weighted by Gasteiger charge is 2.17. The van der Waals surface area contributed by atoms with Crippen LogP contribution < -0.4 is 10.6 Å². The number of hydrogen-bond donors (Lipinski definition) is 2. The normalized spacial score (nSPS) is 22.8. The SMILES string of the molecule is CCCNC(=O)C(C)OCC1CCCCN1. The molecule has 2 atom stereocenters. The summed E-state index contributed by atoms with van der Waals surface area (Å²) in [5.74, 6) is -0.00217. The van der Waals surface area contributed by atoms with Gasteiger partial charge >= 0.3 is 0 Å². The second-order valence-electron chi connectivity index (χ2n) is 4.41. The van der Waals surface area contributed by atoms with Crippen LogP contribution in [0.2, 0.25) is 0 Å². The predicted octanol–water partition coefficient (Wildman–Crippen LogP) is 1.06. The number of carbonyl (C=O) groups is 1. The van der Waals surface area contributed by atoms with Crippen molar-refractivity contribution in [3.8, 4) is 0 Å². The highest BCUT2D eigenvalue weighted by Crippen LogP contribution is 2.07. The van der Waals surface area contributed by atoms with E-state index < -0.39 is 0 Å². The van der Waals surface area contributed by atoms with E-state index in [1.54, 1.807) is 0 Å². The van der Waals surface area contributed by atoms with Crippen molar-refractivity contribution in [1.29, 1.82) is 0 Å². The first-order valence-corrected chi connectivity index (χ1v) is 6.36. The molecule has 0 saturated carbocycles. The van der Waals surface area contributed by atoms with Crippen molar-refractivity contribution in [3.05, 3.63) is 0 Å². The van der Waals surface area contributed by atoms with Gasteiger partial charge in [-0.1, -0.05) is 13.3 Å². The minimum absolute atomic E-state index is 0.00217. The van der Waals surface area contributed by atoms with E-state index in [9.17, 15) is 4.79 Å². The molecule has 2 N–H and O–H groups in total. The second-order valence-corrected chi connectivity index (χ2v) is 4.41. The average Bonchev–Trinajstić information content (AvgIpc) is 2.34. The van der Waals surface area contributed by atoms with Gasteiger partial charge in [0.15, 0.2) is 0 Å². The summed E-state index contributed by atoms with van der Waals surface area (Å²) in [5, 5.41) is 6.24. The highest BCUT2D eigenvalue weighted by molar-refractivity contribution is 5.80. The van der Waals surface area contributed by atoms with Crippen LogP contribution in [0.1, 0.15) is 39.5 Å². The van der Waals surface area contributed by atoms with Gasteiger partial charge in [-0.2, -0.15) is 0 Å². The van der Waals surface area contributed by atoms with E-state index in [1.165, 1.54) is 12.8 Å². The van der Waals surface area contributed by atoms with E-state index in [1.807, 2.05) is 13.8 Å². The number of nitrogens with one attached hydrogen (secondary N) is 2. The van der Waals surface area contributed by atoms with Crippen LogP contribution in [0, 0.1) is 0 Å². The van der Waals surface area contributed by atoms with Gasteiger partial charge in [-0.25, -0.2) is 0 Å². The quantitative estimate of drug-likeness (QED) is 0.714. The van der Waals surface area contributed by atoms with Crippen molar-refractivity contribution in [1.82, 2.24) is 10.6 Å².